The molecular formula is C21H27N3O4. The average molecular weight is 387 g/mol. The van der Waals surface area contributed by atoms with Crippen LogP contribution in [0.1, 0.15) is 35.5 Å². The van der Waals surface area contributed by atoms with Crippen molar-refractivity contribution in [3.63, 3.8) is 0 Å². The number of nitrogens with one attached hydrogen (secondary N) is 1. The zero-order valence-electron chi connectivity index (χ0n) is 18.5. The largest absolute Gasteiger partial charge is 0.492 e. The van der Waals surface area contributed by atoms with E-state index >= 15 is 0 Å². The van der Waals surface area contributed by atoms with Crippen LogP contribution in [0.3, 0.4) is 0 Å². The number of hydrogen-bond donors (Lipinski definition) is 2. The third-order valence-electron chi connectivity index (χ3n) is 4.26. The van der Waals surface area contributed by atoms with Crippen LogP contribution in [-0.2, 0) is 11.3 Å². The number of carbonyl (C=O) groups is 1. The molecule has 3 N–H and O–H groups in total. The summed E-state index contributed by atoms with van der Waals surface area (Å²) in [5.74, 6) is 1.46. The number of methoxy groups -OCH3 is 1. The van der Waals surface area contributed by atoms with Crippen molar-refractivity contribution in [2.45, 2.75) is 39.3 Å². The third kappa shape index (κ3) is 4.72. The first-order chi connectivity index (χ1) is 14.0. The van der Waals surface area contributed by atoms with Gasteiger partial charge in [-0.1, -0.05) is 13.8 Å². The SMILES string of the molecule is [2H]C([2H])(Oc1ccc2c(c1)OCc1cnc(NC(=O)OC)cc1-2)C(C)(N)CC(C)C. The number of fused-ring (bicyclic) bond motifs is 3. The lowest BCUT2D eigenvalue weighted by atomic mass is 9.93. The van der Waals surface area contributed by atoms with Crippen molar-refractivity contribution in [2.24, 2.45) is 11.7 Å². The van der Waals surface area contributed by atoms with Gasteiger partial charge in [-0.3, -0.25) is 5.32 Å². The second-order valence-electron chi connectivity index (χ2n) is 7.51. The smallest absolute Gasteiger partial charge is 0.412 e. The van der Waals surface area contributed by atoms with Gasteiger partial charge in [0.25, 0.3) is 0 Å². The standard InChI is InChI=1S/C21H27N3O4/c1-13(2)9-21(3,22)12-28-15-5-6-16-17-8-19(24-20(25)26-4)23-10-14(17)11-27-18(16)7-15/h5-8,10,13H,9,11-12,22H2,1-4H3,(H,23,24,25)/i12D2. The molecule has 150 valence electrons. The molecule has 1 aromatic heterocycles. The summed E-state index contributed by atoms with van der Waals surface area (Å²) >= 11 is 0. The summed E-state index contributed by atoms with van der Waals surface area (Å²) in [4.78, 5) is 15.6. The van der Waals surface area contributed by atoms with E-state index in [2.05, 4.69) is 15.0 Å². The minimum absolute atomic E-state index is 0.225. The highest BCUT2D eigenvalue weighted by Crippen LogP contribution is 2.40. The highest BCUT2D eigenvalue weighted by molar-refractivity contribution is 5.85. The molecule has 1 unspecified atom stereocenters. The van der Waals surface area contributed by atoms with Gasteiger partial charge in [0.15, 0.2) is 0 Å². The molecular weight excluding hydrogens is 358 g/mol. The van der Waals surface area contributed by atoms with Crippen molar-refractivity contribution in [2.75, 3.05) is 19.0 Å². The van der Waals surface area contributed by atoms with Gasteiger partial charge in [0.2, 0.25) is 0 Å². The molecule has 2 heterocycles. The van der Waals surface area contributed by atoms with Crippen LogP contribution < -0.4 is 20.5 Å². The van der Waals surface area contributed by atoms with Gasteiger partial charge in [-0.05, 0) is 43.0 Å². The molecule has 0 fully saturated rings. The Bertz CT molecular complexity index is 948. The third-order valence-corrected chi connectivity index (χ3v) is 4.26. The topological polar surface area (TPSA) is 95.7 Å². The highest BCUT2D eigenvalue weighted by atomic mass is 16.5. The number of nitrogens with zero attached hydrogens (tertiary/aromatic N) is 1. The number of ether oxygens (including phenoxy) is 3. The van der Waals surface area contributed by atoms with Gasteiger partial charge < -0.3 is 19.9 Å². The number of nitrogens with two attached hydrogens (primary N) is 1. The second-order valence-corrected chi connectivity index (χ2v) is 7.51. The maximum atomic E-state index is 11.5. The van der Waals surface area contributed by atoms with E-state index < -0.39 is 18.2 Å². The number of rotatable bonds is 6. The normalized spacial score (nSPS) is 15.9. The summed E-state index contributed by atoms with van der Waals surface area (Å²) in [6.07, 6.45) is 1.50. The fraction of sp³-hybridized carbons (Fsp3) is 0.429. The summed E-state index contributed by atoms with van der Waals surface area (Å²) in [7, 11) is 1.28. The molecule has 0 bridgehead atoms. The molecule has 0 aliphatic carbocycles. The number of benzene rings is 1. The Morgan fingerprint density at radius 3 is 2.93 bits per heavy atom. The first kappa shape index (κ1) is 17.3. The number of hydrogen-bond acceptors (Lipinski definition) is 6. The zero-order chi connectivity index (χ0) is 22.1. The molecule has 1 aliphatic rings. The number of anilines is 1. The number of aromatic nitrogens is 1. The lowest BCUT2D eigenvalue weighted by Gasteiger charge is -2.27. The quantitative estimate of drug-likeness (QED) is 0.779. The van der Waals surface area contributed by atoms with E-state index in [-0.39, 0.29) is 5.92 Å². The van der Waals surface area contributed by atoms with Gasteiger partial charge in [-0.2, -0.15) is 0 Å². The van der Waals surface area contributed by atoms with Crippen LogP contribution >= 0.6 is 0 Å². The Kier molecular flexibility index (Phi) is 4.98. The van der Waals surface area contributed by atoms with Gasteiger partial charge in [-0.15, -0.1) is 0 Å². The van der Waals surface area contributed by atoms with Crippen LogP contribution in [0.5, 0.6) is 11.5 Å². The van der Waals surface area contributed by atoms with Gasteiger partial charge in [0, 0.05) is 28.9 Å². The van der Waals surface area contributed by atoms with Crippen molar-refractivity contribution in [1.29, 1.82) is 0 Å². The molecule has 1 aromatic carbocycles. The maximum Gasteiger partial charge on any atom is 0.412 e. The molecule has 2 aromatic rings. The van der Waals surface area contributed by atoms with Crippen LogP contribution in [0.2, 0.25) is 0 Å². The van der Waals surface area contributed by atoms with E-state index in [1.54, 1.807) is 37.4 Å². The fourth-order valence-corrected chi connectivity index (χ4v) is 3.20. The lowest BCUT2D eigenvalue weighted by Crippen LogP contribution is -2.43. The first-order valence-corrected chi connectivity index (χ1v) is 9.11. The summed E-state index contributed by atoms with van der Waals surface area (Å²) in [5, 5.41) is 2.55. The molecule has 1 aliphatic heterocycles. The average Bonchev–Trinajstić information content (AvgIpc) is 2.66. The van der Waals surface area contributed by atoms with Crippen LogP contribution in [0.25, 0.3) is 11.1 Å². The number of pyridine rings is 1. The molecule has 0 radical (unpaired) electrons. The number of carbonyl (C=O) groups excluding carboxylic acids is 1. The first-order valence-electron chi connectivity index (χ1n) is 10.1. The summed E-state index contributed by atoms with van der Waals surface area (Å²) in [6, 6.07) is 6.85. The Balaban J connectivity index is 1.87. The predicted molar refractivity (Wildman–Crippen MR) is 108 cm³/mol. The minimum atomic E-state index is -2.07. The Labute approximate surface area is 168 Å². The number of amides is 1. The Morgan fingerprint density at radius 2 is 2.21 bits per heavy atom. The van der Waals surface area contributed by atoms with Gasteiger partial charge in [0.05, 0.1) is 9.85 Å². The van der Waals surface area contributed by atoms with Crippen LogP contribution in [0.15, 0.2) is 30.5 Å². The van der Waals surface area contributed by atoms with Crippen molar-refractivity contribution < 1.29 is 21.7 Å². The summed E-state index contributed by atoms with van der Waals surface area (Å²) < 4.78 is 32.8. The van der Waals surface area contributed by atoms with Crippen molar-refractivity contribution >= 4 is 11.9 Å². The molecule has 0 spiro atoms. The Hall–Kier alpha value is -2.80. The molecule has 7 nitrogen and oxygen atoms in total. The molecule has 7 heteroatoms. The fourth-order valence-electron chi connectivity index (χ4n) is 3.20. The van der Waals surface area contributed by atoms with E-state index in [1.165, 1.54) is 7.11 Å². The second kappa shape index (κ2) is 8.06. The van der Waals surface area contributed by atoms with Crippen molar-refractivity contribution in [3.8, 4) is 22.6 Å². The molecule has 1 amide bonds. The Morgan fingerprint density at radius 1 is 1.43 bits per heavy atom. The van der Waals surface area contributed by atoms with Gasteiger partial charge >= 0.3 is 6.09 Å². The monoisotopic (exact) mass is 387 g/mol. The zero-order valence-corrected chi connectivity index (χ0v) is 16.5. The minimum Gasteiger partial charge on any atom is -0.492 e. The van der Waals surface area contributed by atoms with E-state index in [1.807, 2.05) is 13.8 Å². The molecule has 3 rings (SSSR count). The summed E-state index contributed by atoms with van der Waals surface area (Å²) in [6.45, 7) is 3.86. The van der Waals surface area contributed by atoms with Crippen LogP contribution in [0.4, 0.5) is 10.6 Å². The lowest BCUT2D eigenvalue weighted by molar-refractivity contribution is 0.187. The van der Waals surface area contributed by atoms with E-state index in [0.717, 1.165) is 16.7 Å². The van der Waals surface area contributed by atoms with E-state index in [0.29, 0.717) is 30.3 Å². The van der Waals surface area contributed by atoms with Gasteiger partial charge in [-0.25, -0.2) is 9.78 Å². The van der Waals surface area contributed by atoms with E-state index in [9.17, 15) is 4.79 Å². The van der Waals surface area contributed by atoms with E-state index in [4.69, 9.17) is 17.9 Å². The van der Waals surface area contributed by atoms with Gasteiger partial charge in [0.1, 0.15) is 30.5 Å². The van der Waals surface area contributed by atoms with Crippen molar-refractivity contribution in [3.05, 3.63) is 36.0 Å². The predicted octanol–water partition coefficient (Wildman–Crippen LogP) is 3.96. The molecule has 1 atom stereocenters. The molecule has 0 saturated carbocycles. The van der Waals surface area contributed by atoms with Crippen LogP contribution in [-0.4, -0.2) is 30.3 Å². The van der Waals surface area contributed by atoms with Crippen molar-refractivity contribution in [1.82, 2.24) is 4.98 Å². The summed E-state index contributed by atoms with van der Waals surface area (Å²) in [5.41, 5.74) is 7.58. The van der Waals surface area contributed by atoms with Crippen LogP contribution in [0, 0.1) is 5.92 Å². The molecule has 28 heavy (non-hydrogen) atoms. The highest BCUT2D eigenvalue weighted by Gasteiger charge is 2.23. The molecule has 0 saturated heterocycles. The maximum absolute atomic E-state index is 11.5.